The van der Waals surface area contributed by atoms with Gasteiger partial charge in [-0.1, -0.05) is 26.0 Å². The molecule has 0 unspecified atom stereocenters. The molecule has 0 aromatic heterocycles. The van der Waals surface area contributed by atoms with Gasteiger partial charge in [-0.25, -0.2) is 0 Å². The average molecular weight is 275 g/mol. The third-order valence-corrected chi connectivity index (χ3v) is 3.48. The molecule has 20 heavy (non-hydrogen) atoms. The van der Waals surface area contributed by atoms with Crippen LogP contribution in [-0.2, 0) is 16.1 Å². The van der Waals surface area contributed by atoms with Crippen LogP contribution in [0, 0.1) is 11.8 Å². The van der Waals surface area contributed by atoms with Crippen LogP contribution in [0.15, 0.2) is 24.3 Å². The maximum absolute atomic E-state index is 11.8. The molecular formula is C17H25NO2. The number of nitrogens with one attached hydrogen (secondary N) is 1. The van der Waals surface area contributed by atoms with Crippen LogP contribution in [0.2, 0.25) is 0 Å². The second-order valence-corrected chi connectivity index (χ2v) is 6.14. The fraction of sp³-hybridized carbons (Fsp3) is 0.588. The van der Waals surface area contributed by atoms with Crippen molar-refractivity contribution >= 4 is 11.6 Å². The van der Waals surface area contributed by atoms with Crippen molar-refractivity contribution in [3.63, 3.8) is 0 Å². The SMILES string of the molecule is CC(C)CCC(=O)Nc1cccc(COCC2CC2)c1. The normalized spacial score (nSPS) is 14.6. The predicted molar refractivity (Wildman–Crippen MR) is 81.5 cm³/mol. The van der Waals surface area contributed by atoms with Gasteiger partial charge in [0.25, 0.3) is 0 Å². The first-order valence-electron chi connectivity index (χ1n) is 7.60. The fourth-order valence-electron chi connectivity index (χ4n) is 2.01. The molecule has 0 atom stereocenters. The van der Waals surface area contributed by atoms with Crippen LogP contribution < -0.4 is 5.32 Å². The number of rotatable bonds is 8. The summed E-state index contributed by atoms with van der Waals surface area (Å²) in [6.07, 6.45) is 4.13. The van der Waals surface area contributed by atoms with Crippen LogP contribution in [-0.4, -0.2) is 12.5 Å². The van der Waals surface area contributed by atoms with E-state index in [4.69, 9.17) is 4.74 Å². The first kappa shape index (κ1) is 15.0. The molecule has 0 spiro atoms. The molecule has 3 nitrogen and oxygen atoms in total. The van der Waals surface area contributed by atoms with Crippen molar-refractivity contribution < 1.29 is 9.53 Å². The Morgan fingerprint density at radius 1 is 1.40 bits per heavy atom. The standard InChI is InChI=1S/C17H25NO2/c1-13(2)6-9-17(19)18-16-5-3-4-15(10-16)12-20-11-14-7-8-14/h3-5,10,13-14H,6-9,11-12H2,1-2H3,(H,18,19). The highest BCUT2D eigenvalue weighted by Crippen LogP contribution is 2.29. The molecule has 0 saturated heterocycles. The van der Waals surface area contributed by atoms with Crippen molar-refractivity contribution in [2.24, 2.45) is 11.8 Å². The van der Waals surface area contributed by atoms with E-state index in [9.17, 15) is 4.79 Å². The molecule has 3 heteroatoms. The zero-order chi connectivity index (χ0) is 14.4. The van der Waals surface area contributed by atoms with E-state index in [-0.39, 0.29) is 5.91 Å². The lowest BCUT2D eigenvalue weighted by molar-refractivity contribution is -0.116. The van der Waals surface area contributed by atoms with Gasteiger partial charge in [0.1, 0.15) is 0 Å². The van der Waals surface area contributed by atoms with Crippen molar-refractivity contribution in [3.8, 4) is 0 Å². The number of carbonyl (C=O) groups is 1. The molecule has 1 fully saturated rings. The summed E-state index contributed by atoms with van der Waals surface area (Å²) in [6, 6.07) is 7.93. The minimum Gasteiger partial charge on any atom is -0.376 e. The number of benzene rings is 1. The molecule has 2 rings (SSSR count). The predicted octanol–water partition coefficient (Wildman–Crippen LogP) is 3.99. The van der Waals surface area contributed by atoms with Crippen LogP contribution in [0.1, 0.15) is 45.1 Å². The summed E-state index contributed by atoms with van der Waals surface area (Å²) in [7, 11) is 0. The van der Waals surface area contributed by atoms with Gasteiger partial charge < -0.3 is 10.1 Å². The second-order valence-electron chi connectivity index (χ2n) is 6.14. The lowest BCUT2D eigenvalue weighted by Crippen LogP contribution is -2.12. The van der Waals surface area contributed by atoms with Crippen LogP contribution >= 0.6 is 0 Å². The molecule has 1 amide bonds. The van der Waals surface area contributed by atoms with Crippen molar-refractivity contribution in [2.45, 2.75) is 46.1 Å². The number of anilines is 1. The highest BCUT2D eigenvalue weighted by Gasteiger charge is 2.20. The Balaban J connectivity index is 1.77. The lowest BCUT2D eigenvalue weighted by Gasteiger charge is -2.09. The van der Waals surface area contributed by atoms with E-state index >= 15 is 0 Å². The summed E-state index contributed by atoms with van der Waals surface area (Å²) in [5, 5.41) is 2.95. The van der Waals surface area contributed by atoms with E-state index in [1.165, 1.54) is 12.8 Å². The number of ether oxygens (including phenoxy) is 1. The summed E-state index contributed by atoms with van der Waals surface area (Å²) in [5.74, 6) is 1.44. The van der Waals surface area contributed by atoms with E-state index in [2.05, 4.69) is 19.2 Å². The minimum absolute atomic E-state index is 0.0924. The van der Waals surface area contributed by atoms with Gasteiger partial charge in [0.2, 0.25) is 5.91 Å². The second kappa shape index (κ2) is 7.44. The minimum atomic E-state index is 0.0924. The number of hydrogen-bond donors (Lipinski definition) is 1. The quantitative estimate of drug-likeness (QED) is 0.779. The fourth-order valence-corrected chi connectivity index (χ4v) is 2.01. The molecule has 1 aromatic rings. The van der Waals surface area contributed by atoms with Crippen molar-refractivity contribution in [1.29, 1.82) is 0 Å². The Morgan fingerprint density at radius 3 is 2.90 bits per heavy atom. The van der Waals surface area contributed by atoms with Gasteiger partial charge in [0.05, 0.1) is 6.61 Å². The van der Waals surface area contributed by atoms with Gasteiger partial charge in [-0.15, -0.1) is 0 Å². The molecule has 1 aliphatic carbocycles. The van der Waals surface area contributed by atoms with Gasteiger partial charge in [-0.2, -0.15) is 0 Å². The molecule has 0 heterocycles. The van der Waals surface area contributed by atoms with E-state index in [1.54, 1.807) is 0 Å². The van der Waals surface area contributed by atoms with E-state index in [1.807, 2.05) is 24.3 Å². The monoisotopic (exact) mass is 275 g/mol. The van der Waals surface area contributed by atoms with Gasteiger partial charge in [-0.05, 0) is 48.8 Å². The van der Waals surface area contributed by atoms with Gasteiger partial charge in [0, 0.05) is 18.7 Å². The molecule has 110 valence electrons. The number of hydrogen-bond acceptors (Lipinski definition) is 2. The molecule has 0 aliphatic heterocycles. The maximum Gasteiger partial charge on any atom is 0.224 e. The van der Waals surface area contributed by atoms with Crippen molar-refractivity contribution in [3.05, 3.63) is 29.8 Å². The van der Waals surface area contributed by atoms with E-state index in [0.29, 0.717) is 18.9 Å². The molecule has 0 radical (unpaired) electrons. The van der Waals surface area contributed by atoms with Crippen LogP contribution in [0.4, 0.5) is 5.69 Å². The Kier molecular flexibility index (Phi) is 5.60. The maximum atomic E-state index is 11.8. The molecular weight excluding hydrogens is 250 g/mol. The Hall–Kier alpha value is -1.35. The Labute approximate surface area is 121 Å². The highest BCUT2D eigenvalue weighted by atomic mass is 16.5. The number of carbonyl (C=O) groups excluding carboxylic acids is 1. The van der Waals surface area contributed by atoms with Gasteiger partial charge >= 0.3 is 0 Å². The third-order valence-electron chi connectivity index (χ3n) is 3.48. The van der Waals surface area contributed by atoms with E-state index in [0.717, 1.165) is 30.2 Å². The molecule has 1 aromatic carbocycles. The topological polar surface area (TPSA) is 38.3 Å². The van der Waals surface area contributed by atoms with Crippen molar-refractivity contribution in [1.82, 2.24) is 0 Å². The Morgan fingerprint density at radius 2 is 2.20 bits per heavy atom. The molecule has 0 bridgehead atoms. The summed E-state index contributed by atoms with van der Waals surface area (Å²) in [6.45, 7) is 5.76. The van der Waals surface area contributed by atoms with Crippen LogP contribution in [0.3, 0.4) is 0 Å². The van der Waals surface area contributed by atoms with Gasteiger partial charge in [0.15, 0.2) is 0 Å². The van der Waals surface area contributed by atoms with E-state index < -0.39 is 0 Å². The van der Waals surface area contributed by atoms with Gasteiger partial charge in [-0.3, -0.25) is 4.79 Å². The van der Waals surface area contributed by atoms with Crippen LogP contribution in [0.5, 0.6) is 0 Å². The molecule has 1 N–H and O–H groups in total. The number of amides is 1. The average Bonchev–Trinajstić information content (AvgIpc) is 3.21. The lowest BCUT2D eigenvalue weighted by atomic mass is 10.1. The summed E-state index contributed by atoms with van der Waals surface area (Å²) < 4.78 is 5.67. The zero-order valence-electron chi connectivity index (χ0n) is 12.5. The largest absolute Gasteiger partial charge is 0.376 e. The van der Waals surface area contributed by atoms with Crippen molar-refractivity contribution in [2.75, 3.05) is 11.9 Å². The van der Waals surface area contributed by atoms with Crippen LogP contribution in [0.25, 0.3) is 0 Å². The summed E-state index contributed by atoms with van der Waals surface area (Å²) in [4.78, 5) is 11.8. The Bertz CT molecular complexity index is 438. The first-order valence-corrected chi connectivity index (χ1v) is 7.60. The highest BCUT2D eigenvalue weighted by molar-refractivity contribution is 5.90. The third kappa shape index (κ3) is 5.74. The molecule has 1 saturated carbocycles. The summed E-state index contributed by atoms with van der Waals surface area (Å²) >= 11 is 0. The molecule has 1 aliphatic rings. The zero-order valence-corrected chi connectivity index (χ0v) is 12.5. The summed E-state index contributed by atoms with van der Waals surface area (Å²) in [5.41, 5.74) is 1.98. The first-order chi connectivity index (χ1) is 9.63. The smallest absolute Gasteiger partial charge is 0.224 e.